The lowest BCUT2D eigenvalue weighted by Gasteiger charge is -2.03. The van der Waals surface area contributed by atoms with Crippen LogP contribution in [0.4, 0.5) is 0 Å². The van der Waals surface area contributed by atoms with Gasteiger partial charge in [0.2, 0.25) is 5.91 Å². The highest BCUT2D eigenvalue weighted by Gasteiger charge is 2.00. The van der Waals surface area contributed by atoms with Gasteiger partial charge in [-0.15, -0.1) is 0 Å². The molecule has 1 amide bonds. The van der Waals surface area contributed by atoms with Gasteiger partial charge in [-0.3, -0.25) is 4.79 Å². The van der Waals surface area contributed by atoms with E-state index in [2.05, 4.69) is 29.6 Å². The van der Waals surface area contributed by atoms with Gasteiger partial charge in [-0.25, -0.2) is 5.43 Å². The number of hydrogen-bond donors (Lipinski definition) is 1. The molecule has 0 bridgehead atoms. The molecule has 20 heavy (non-hydrogen) atoms. The molecule has 0 unspecified atom stereocenters. The van der Waals surface area contributed by atoms with Crippen LogP contribution in [0.2, 0.25) is 0 Å². The standard InChI is InChI=1S/C17H26N2O/c1-3-4-5-6-10-13-17(20)19-18-15(2)14-16-11-8-7-9-12-16/h7-9,11-12H,3-6,10,13-14H2,1-2H3,(H,19,20)/b18-15+. The topological polar surface area (TPSA) is 41.5 Å². The second kappa shape index (κ2) is 10.2. The summed E-state index contributed by atoms with van der Waals surface area (Å²) in [4.78, 5) is 11.6. The van der Waals surface area contributed by atoms with Crippen LogP contribution in [0.3, 0.4) is 0 Å². The normalized spacial score (nSPS) is 11.4. The zero-order valence-electron chi connectivity index (χ0n) is 12.7. The molecule has 0 saturated carbocycles. The van der Waals surface area contributed by atoms with Crippen molar-refractivity contribution in [1.82, 2.24) is 5.43 Å². The van der Waals surface area contributed by atoms with Crippen LogP contribution in [0.5, 0.6) is 0 Å². The number of benzene rings is 1. The van der Waals surface area contributed by atoms with Crippen LogP contribution in [0, 0.1) is 0 Å². The monoisotopic (exact) mass is 274 g/mol. The predicted octanol–water partition coefficient (Wildman–Crippen LogP) is 4.08. The lowest BCUT2D eigenvalue weighted by Crippen LogP contribution is -2.19. The fourth-order valence-corrected chi connectivity index (χ4v) is 2.03. The van der Waals surface area contributed by atoms with E-state index >= 15 is 0 Å². The first-order valence-electron chi connectivity index (χ1n) is 7.58. The largest absolute Gasteiger partial charge is 0.273 e. The van der Waals surface area contributed by atoms with Crippen molar-refractivity contribution in [1.29, 1.82) is 0 Å². The van der Waals surface area contributed by atoms with Gasteiger partial charge in [0, 0.05) is 18.6 Å². The molecule has 0 radical (unpaired) electrons. The Balaban J connectivity index is 2.20. The maximum absolute atomic E-state index is 11.6. The minimum atomic E-state index is 0.0221. The maximum Gasteiger partial charge on any atom is 0.240 e. The van der Waals surface area contributed by atoms with E-state index in [0.717, 1.165) is 25.0 Å². The number of carbonyl (C=O) groups excluding carboxylic acids is 1. The zero-order valence-corrected chi connectivity index (χ0v) is 12.7. The number of rotatable bonds is 9. The van der Waals surface area contributed by atoms with Crippen molar-refractivity contribution >= 4 is 11.6 Å². The minimum Gasteiger partial charge on any atom is -0.273 e. The van der Waals surface area contributed by atoms with Crippen LogP contribution in [-0.4, -0.2) is 11.6 Å². The SMILES string of the molecule is CCCCCCCC(=O)N/N=C(\C)Cc1ccccc1. The van der Waals surface area contributed by atoms with Gasteiger partial charge in [-0.1, -0.05) is 62.9 Å². The second-order valence-corrected chi connectivity index (χ2v) is 5.21. The zero-order chi connectivity index (χ0) is 14.6. The van der Waals surface area contributed by atoms with Crippen molar-refractivity contribution in [3.8, 4) is 0 Å². The molecule has 110 valence electrons. The molecule has 1 aromatic carbocycles. The van der Waals surface area contributed by atoms with Crippen molar-refractivity contribution in [3.63, 3.8) is 0 Å². The fraction of sp³-hybridized carbons (Fsp3) is 0.529. The molecular formula is C17H26N2O. The summed E-state index contributed by atoms with van der Waals surface area (Å²) in [5.74, 6) is 0.0221. The molecule has 0 aliphatic rings. The van der Waals surface area contributed by atoms with Crippen LogP contribution in [0.15, 0.2) is 35.4 Å². The fourth-order valence-electron chi connectivity index (χ4n) is 2.03. The van der Waals surface area contributed by atoms with Gasteiger partial charge in [0.1, 0.15) is 0 Å². The Morgan fingerprint density at radius 1 is 1.10 bits per heavy atom. The van der Waals surface area contributed by atoms with E-state index in [4.69, 9.17) is 0 Å². The summed E-state index contributed by atoms with van der Waals surface area (Å²) < 4.78 is 0. The lowest BCUT2D eigenvalue weighted by atomic mass is 10.1. The summed E-state index contributed by atoms with van der Waals surface area (Å²) in [5, 5.41) is 4.15. The van der Waals surface area contributed by atoms with Gasteiger partial charge in [0.15, 0.2) is 0 Å². The molecule has 0 fully saturated rings. The number of nitrogens with zero attached hydrogens (tertiary/aromatic N) is 1. The second-order valence-electron chi connectivity index (χ2n) is 5.21. The third-order valence-corrected chi connectivity index (χ3v) is 3.18. The van der Waals surface area contributed by atoms with Crippen LogP contribution < -0.4 is 5.43 Å². The quantitative estimate of drug-likeness (QED) is 0.411. The molecule has 0 aliphatic heterocycles. The van der Waals surface area contributed by atoms with Crippen LogP contribution in [0.25, 0.3) is 0 Å². The summed E-state index contributed by atoms with van der Waals surface area (Å²) >= 11 is 0. The number of unbranched alkanes of at least 4 members (excludes halogenated alkanes) is 4. The molecule has 3 heteroatoms. The van der Waals surface area contributed by atoms with Crippen molar-refractivity contribution in [2.75, 3.05) is 0 Å². The van der Waals surface area contributed by atoms with Gasteiger partial charge >= 0.3 is 0 Å². The molecule has 0 heterocycles. The molecule has 0 saturated heterocycles. The number of amides is 1. The summed E-state index contributed by atoms with van der Waals surface area (Å²) in [6.07, 6.45) is 7.15. The van der Waals surface area contributed by atoms with Crippen LogP contribution >= 0.6 is 0 Å². The molecule has 0 spiro atoms. The van der Waals surface area contributed by atoms with E-state index in [9.17, 15) is 4.79 Å². The van der Waals surface area contributed by atoms with Crippen LogP contribution in [0.1, 0.15) is 57.9 Å². The molecule has 3 nitrogen and oxygen atoms in total. The number of carbonyl (C=O) groups is 1. The highest BCUT2D eigenvalue weighted by Crippen LogP contribution is 2.05. The molecule has 1 aromatic rings. The molecule has 0 atom stereocenters. The molecule has 0 aliphatic carbocycles. The summed E-state index contributed by atoms with van der Waals surface area (Å²) in [5.41, 5.74) is 4.78. The minimum absolute atomic E-state index is 0.0221. The molecule has 1 rings (SSSR count). The number of hydrazone groups is 1. The van der Waals surface area contributed by atoms with E-state index < -0.39 is 0 Å². The smallest absolute Gasteiger partial charge is 0.240 e. The van der Waals surface area contributed by atoms with Crippen molar-refractivity contribution < 1.29 is 4.79 Å². The van der Waals surface area contributed by atoms with Crippen molar-refractivity contribution in [3.05, 3.63) is 35.9 Å². The predicted molar refractivity (Wildman–Crippen MR) is 84.8 cm³/mol. The first-order chi connectivity index (χ1) is 9.72. The van der Waals surface area contributed by atoms with Crippen LogP contribution in [-0.2, 0) is 11.2 Å². The molecule has 0 aromatic heterocycles. The molecule has 1 N–H and O–H groups in total. The number of hydrogen-bond acceptors (Lipinski definition) is 2. The average Bonchev–Trinajstić information content (AvgIpc) is 2.46. The Bertz CT molecular complexity index is 412. The maximum atomic E-state index is 11.6. The Labute approximate surface area is 122 Å². The first kappa shape index (κ1) is 16.4. The summed E-state index contributed by atoms with van der Waals surface area (Å²) in [7, 11) is 0. The third kappa shape index (κ3) is 7.72. The van der Waals surface area contributed by atoms with E-state index in [1.54, 1.807) is 0 Å². The van der Waals surface area contributed by atoms with Gasteiger partial charge in [-0.2, -0.15) is 5.10 Å². The van der Waals surface area contributed by atoms with Gasteiger partial charge in [0.25, 0.3) is 0 Å². The first-order valence-corrected chi connectivity index (χ1v) is 7.58. The Morgan fingerprint density at radius 3 is 2.50 bits per heavy atom. The summed E-state index contributed by atoms with van der Waals surface area (Å²) in [6.45, 7) is 4.13. The van der Waals surface area contributed by atoms with Crippen molar-refractivity contribution in [2.24, 2.45) is 5.10 Å². The Hall–Kier alpha value is -1.64. The van der Waals surface area contributed by atoms with Crippen molar-refractivity contribution in [2.45, 2.75) is 58.8 Å². The molecular weight excluding hydrogens is 248 g/mol. The highest BCUT2D eigenvalue weighted by molar-refractivity contribution is 5.86. The van der Waals surface area contributed by atoms with E-state index in [0.29, 0.717) is 6.42 Å². The van der Waals surface area contributed by atoms with E-state index in [1.807, 2.05) is 25.1 Å². The third-order valence-electron chi connectivity index (χ3n) is 3.18. The average molecular weight is 274 g/mol. The number of nitrogens with one attached hydrogen (secondary N) is 1. The highest BCUT2D eigenvalue weighted by atomic mass is 16.2. The van der Waals surface area contributed by atoms with Gasteiger partial charge < -0.3 is 0 Å². The van der Waals surface area contributed by atoms with E-state index in [1.165, 1.54) is 24.8 Å². The summed E-state index contributed by atoms with van der Waals surface area (Å²) in [6, 6.07) is 10.1. The van der Waals surface area contributed by atoms with Gasteiger partial charge in [-0.05, 0) is 18.9 Å². The van der Waals surface area contributed by atoms with Gasteiger partial charge in [0.05, 0.1) is 0 Å². The van der Waals surface area contributed by atoms with E-state index in [-0.39, 0.29) is 5.91 Å². The Morgan fingerprint density at radius 2 is 1.80 bits per heavy atom. The lowest BCUT2D eigenvalue weighted by molar-refractivity contribution is -0.121. The Kier molecular flexibility index (Phi) is 8.36.